The maximum atomic E-state index is 12.4. The van der Waals surface area contributed by atoms with E-state index in [4.69, 9.17) is 26.3 Å². The molecular formula is C20H15BrClN3O3S. The predicted molar refractivity (Wildman–Crippen MR) is 119 cm³/mol. The molecule has 0 atom stereocenters. The molecule has 29 heavy (non-hydrogen) atoms. The van der Waals surface area contributed by atoms with Gasteiger partial charge in [0.05, 0.1) is 22.2 Å². The molecule has 1 saturated heterocycles. The van der Waals surface area contributed by atoms with E-state index < -0.39 is 0 Å². The smallest absolute Gasteiger partial charge is 0.264 e. The molecule has 1 fully saturated rings. The minimum atomic E-state index is -0.242. The summed E-state index contributed by atoms with van der Waals surface area (Å²) in [5.74, 6) is 0.639. The zero-order valence-corrected chi connectivity index (χ0v) is 18.6. The minimum Gasteiger partial charge on any atom is -0.493 e. The van der Waals surface area contributed by atoms with Crippen LogP contribution in [0.4, 0.5) is 5.69 Å². The normalized spacial score (nSPS) is 16.0. The number of benzene rings is 2. The molecule has 1 heterocycles. The average Bonchev–Trinajstić information content (AvgIpc) is 3.03. The molecule has 9 heteroatoms. The van der Waals surface area contributed by atoms with E-state index in [0.717, 1.165) is 11.1 Å². The third kappa shape index (κ3) is 4.93. The Kier molecular flexibility index (Phi) is 6.85. The van der Waals surface area contributed by atoms with E-state index >= 15 is 0 Å². The lowest BCUT2D eigenvalue weighted by molar-refractivity contribution is -0.115. The first kappa shape index (κ1) is 21.2. The standard InChI is InChI=1S/C20H15BrClN3O3S/c1-11-14(22)4-3-5-15(11)24-20-25-19(26)17(29-20)10-12-8-13(21)18(28-7-6-23)16(9-12)27-2/h3-5,8-10H,7H2,1-2H3,(H,24,25,26)/b17-10-. The van der Waals surface area contributed by atoms with Gasteiger partial charge in [-0.2, -0.15) is 5.26 Å². The fourth-order valence-electron chi connectivity index (χ4n) is 2.53. The van der Waals surface area contributed by atoms with Crippen LogP contribution in [0.2, 0.25) is 5.02 Å². The highest BCUT2D eigenvalue weighted by molar-refractivity contribution is 9.10. The fraction of sp³-hybridized carbons (Fsp3) is 0.150. The molecule has 148 valence electrons. The maximum absolute atomic E-state index is 12.4. The number of hydrogen-bond acceptors (Lipinski definition) is 6. The lowest BCUT2D eigenvalue weighted by Gasteiger charge is -2.11. The lowest BCUT2D eigenvalue weighted by atomic mass is 10.2. The molecule has 2 aromatic rings. The molecule has 0 aliphatic carbocycles. The fourth-order valence-corrected chi connectivity index (χ4v) is 4.10. The van der Waals surface area contributed by atoms with Crippen LogP contribution in [0, 0.1) is 18.3 Å². The van der Waals surface area contributed by atoms with E-state index in [1.165, 1.54) is 18.9 Å². The largest absolute Gasteiger partial charge is 0.493 e. The van der Waals surface area contributed by atoms with Gasteiger partial charge in [0.1, 0.15) is 6.07 Å². The second kappa shape index (κ2) is 9.35. The molecular weight excluding hydrogens is 478 g/mol. The lowest BCUT2D eigenvalue weighted by Crippen LogP contribution is -2.19. The zero-order chi connectivity index (χ0) is 21.0. The molecule has 3 rings (SSSR count). The number of nitrogens with zero attached hydrogens (tertiary/aromatic N) is 2. The Morgan fingerprint density at radius 2 is 2.21 bits per heavy atom. The number of hydrogen-bond donors (Lipinski definition) is 1. The molecule has 0 spiro atoms. The van der Waals surface area contributed by atoms with Crippen molar-refractivity contribution in [3.8, 4) is 17.6 Å². The summed E-state index contributed by atoms with van der Waals surface area (Å²) in [6.45, 7) is 1.77. The highest BCUT2D eigenvalue weighted by Gasteiger charge is 2.24. The summed E-state index contributed by atoms with van der Waals surface area (Å²) in [7, 11) is 1.51. The van der Waals surface area contributed by atoms with Crippen LogP contribution in [0.15, 0.2) is 44.7 Å². The van der Waals surface area contributed by atoms with Gasteiger partial charge in [-0.05, 0) is 76.1 Å². The molecule has 0 radical (unpaired) electrons. The Morgan fingerprint density at radius 1 is 1.41 bits per heavy atom. The summed E-state index contributed by atoms with van der Waals surface area (Å²) in [4.78, 5) is 17.4. The number of nitrogens with one attached hydrogen (secondary N) is 1. The number of ether oxygens (including phenoxy) is 2. The van der Waals surface area contributed by atoms with E-state index in [-0.39, 0.29) is 12.5 Å². The van der Waals surface area contributed by atoms with Gasteiger partial charge in [0, 0.05) is 5.02 Å². The first-order valence-electron chi connectivity index (χ1n) is 8.35. The summed E-state index contributed by atoms with van der Waals surface area (Å²) < 4.78 is 11.3. The number of carbonyl (C=O) groups is 1. The van der Waals surface area contributed by atoms with Crippen LogP contribution in [0.3, 0.4) is 0 Å². The Bertz CT molecular complexity index is 1080. The van der Waals surface area contributed by atoms with Crippen molar-refractivity contribution >= 4 is 62.1 Å². The molecule has 2 aromatic carbocycles. The van der Waals surface area contributed by atoms with Gasteiger partial charge in [-0.25, -0.2) is 4.99 Å². The molecule has 0 aromatic heterocycles. The Hall–Kier alpha value is -2.47. The Labute approximate surface area is 185 Å². The van der Waals surface area contributed by atoms with Crippen molar-refractivity contribution in [1.82, 2.24) is 5.32 Å². The second-order valence-electron chi connectivity index (χ2n) is 5.85. The number of carbonyl (C=O) groups excluding carboxylic acids is 1. The van der Waals surface area contributed by atoms with E-state index in [1.807, 2.05) is 25.1 Å². The molecule has 0 unspecified atom stereocenters. The molecule has 0 bridgehead atoms. The van der Waals surface area contributed by atoms with E-state index in [1.54, 1.807) is 24.3 Å². The SMILES string of the molecule is COc1cc(/C=C2\SC(=Nc3cccc(Cl)c3C)NC2=O)cc(Br)c1OCC#N. The van der Waals surface area contributed by atoms with Gasteiger partial charge in [-0.1, -0.05) is 17.7 Å². The number of thioether (sulfide) groups is 1. The summed E-state index contributed by atoms with van der Waals surface area (Å²) in [5, 5.41) is 12.6. The third-order valence-electron chi connectivity index (χ3n) is 3.94. The van der Waals surface area contributed by atoms with E-state index in [2.05, 4.69) is 26.2 Å². The van der Waals surface area contributed by atoms with Crippen molar-refractivity contribution in [2.45, 2.75) is 6.92 Å². The summed E-state index contributed by atoms with van der Waals surface area (Å²) >= 11 is 10.8. The topological polar surface area (TPSA) is 83.7 Å². The van der Waals surface area contributed by atoms with Crippen molar-refractivity contribution in [3.05, 3.63) is 55.9 Å². The van der Waals surface area contributed by atoms with Gasteiger partial charge < -0.3 is 14.8 Å². The number of nitriles is 1. The number of halogens is 2. The van der Waals surface area contributed by atoms with Crippen LogP contribution in [0.1, 0.15) is 11.1 Å². The highest BCUT2D eigenvalue weighted by atomic mass is 79.9. The van der Waals surface area contributed by atoms with Crippen LogP contribution in [-0.4, -0.2) is 24.8 Å². The summed E-state index contributed by atoms with van der Waals surface area (Å²) in [5.41, 5.74) is 2.27. The van der Waals surface area contributed by atoms with Crippen LogP contribution >= 0.6 is 39.3 Å². The highest BCUT2D eigenvalue weighted by Crippen LogP contribution is 2.38. The zero-order valence-electron chi connectivity index (χ0n) is 15.5. The van der Waals surface area contributed by atoms with Crippen molar-refractivity contribution < 1.29 is 14.3 Å². The molecule has 1 aliphatic heterocycles. The van der Waals surface area contributed by atoms with Crippen LogP contribution in [0.5, 0.6) is 11.5 Å². The van der Waals surface area contributed by atoms with Crippen molar-refractivity contribution in [3.63, 3.8) is 0 Å². The van der Waals surface area contributed by atoms with Gasteiger partial charge in [0.25, 0.3) is 5.91 Å². The van der Waals surface area contributed by atoms with Crippen LogP contribution in [0.25, 0.3) is 6.08 Å². The molecule has 1 aliphatic rings. The third-order valence-corrected chi connectivity index (χ3v) is 5.85. The number of methoxy groups -OCH3 is 1. The number of aliphatic imine (C=N–C) groups is 1. The second-order valence-corrected chi connectivity index (χ2v) is 8.14. The van der Waals surface area contributed by atoms with Crippen molar-refractivity contribution in [1.29, 1.82) is 5.26 Å². The van der Waals surface area contributed by atoms with Crippen LogP contribution in [-0.2, 0) is 4.79 Å². The van der Waals surface area contributed by atoms with Gasteiger partial charge in [-0.3, -0.25) is 4.79 Å². The molecule has 1 N–H and O–H groups in total. The summed E-state index contributed by atoms with van der Waals surface area (Å²) in [6, 6.07) is 10.9. The first-order valence-corrected chi connectivity index (χ1v) is 10.3. The summed E-state index contributed by atoms with van der Waals surface area (Å²) in [6.07, 6.45) is 1.73. The van der Waals surface area contributed by atoms with E-state index in [9.17, 15) is 4.79 Å². The predicted octanol–water partition coefficient (Wildman–Crippen LogP) is 5.21. The van der Waals surface area contributed by atoms with Gasteiger partial charge in [0.15, 0.2) is 23.3 Å². The molecule has 6 nitrogen and oxygen atoms in total. The average molecular weight is 493 g/mol. The molecule has 1 amide bonds. The quantitative estimate of drug-likeness (QED) is 0.579. The Balaban J connectivity index is 1.89. The van der Waals surface area contributed by atoms with Gasteiger partial charge >= 0.3 is 0 Å². The monoisotopic (exact) mass is 491 g/mol. The van der Waals surface area contributed by atoms with Gasteiger partial charge in [-0.15, -0.1) is 0 Å². The Morgan fingerprint density at radius 3 is 2.93 bits per heavy atom. The maximum Gasteiger partial charge on any atom is 0.264 e. The number of amides is 1. The first-order chi connectivity index (χ1) is 13.9. The number of rotatable bonds is 5. The number of amidine groups is 1. The van der Waals surface area contributed by atoms with E-state index in [0.29, 0.717) is 36.8 Å². The molecule has 0 saturated carbocycles. The minimum absolute atomic E-state index is 0.101. The van der Waals surface area contributed by atoms with Crippen molar-refractivity contribution in [2.24, 2.45) is 4.99 Å². The van der Waals surface area contributed by atoms with Gasteiger partial charge in [0.2, 0.25) is 0 Å². The van der Waals surface area contributed by atoms with Crippen LogP contribution < -0.4 is 14.8 Å². The van der Waals surface area contributed by atoms with Crippen molar-refractivity contribution in [2.75, 3.05) is 13.7 Å².